The molecule has 2 heteroatoms. The second-order valence-corrected chi connectivity index (χ2v) is 7.77. The molecule has 0 saturated carbocycles. The number of rotatable bonds is 2. The van der Waals surface area contributed by atoms with E-state index < -0.39 is 0 Å². The molecule has 0 aliphatic carbocycles. The van der Waals surface area contributed by atoms with Gasteiger partial charge < -0.3 is 10.2 Å². The Morgan fingerprint density at radius 2 is 1.33 bits per heavy atom. The van der Waals surface area contributed by atoms with Crippen molar-refractivity contribution in [3.8, 4) is 11.5 Å². The molecule has 0 amide bonds. The minimum Gasteiger partial charge on any atom is -0.507 e. The fourth-order valence-electron chi connectivity index (χ4n) is 2.98. The zero-order valence-electron chi connectivity index (χ0n) is 15.8. The summed E-state index contributed by atoms with van der Waals surface area (Å²) in [6.45, 7) is 14.2. The van der Waals surface area contributed by atoms with Crippen molar-refractivity contribution in [3.05, 3.63) is 57.6 Å². The molecule has 0 aliphatic heterocycles. The Balaban J connectivity index is 2.54. The van der Waals surface area contributed by atoms with Gasteiger partial charge in [0.1, 0.15) is 11.5 Å². The van der Waals surface area contributed by atoms with E-state index in [1.54, 1.807) is 0 Å². The van der Waals surface area contributed by atoms with Crippen LogP contribution >= 0.6 is 0 Å². The quantitative estimate of drug-likeness (QED) is 0.677. The van der Waals surface area contributed by atoms with Crippen molar-refractivity contribution in [2.75, 3.05) is 0 Å². The van der Waals surface area contributed by atoms with E-state index in [4.69, 9.17) is 0 Å². The van der Waals surface area contributed by atoms with Crippen LogP contribution < -0.4 is 0 Å². The van der Waals surface area contributed by atoms with E-state index >= 15 is 0 Å². The lowest BCUT2D eigenvalue weighted by molar-refractivity contribution is 0.443. The molecule has 128 valence electrons. The zero-order valence-corrected chi connectivity index (χ0v) is 15.8. The molecule has 0 atom stereocenters. The van der Waals surface area contributed by atoms with Gasteiger partial charge in [0.05, 0.1) is 0 Å². The van der Waals surface area contributed by atoms with Crippen LogP contribution in [0.5, 0.6) is 11.5 Å². The smallest absolute Gasteiger partial charge is 0.122 e. The third-order valence-corrected chi connectivity index (χ3v) is 4.46. The molecule has 24 heavy (non-hydrogen) atoms. The van der Waals surface area contributed by atoms with E-state index in [1.807, 2.05) is 39.0 Å². The number of aryl methyl sites for hydroxylation is 3. The van der Waals surface area contributed by atoms with Crippen LogP contribution in [-0.4, -0.2) is 10.2 Å². The Bertz CT molecular complexity index is 782. The summed E-state index contributed by atoms with van der Waals surface area (Å²) in [6, 6.07) is 8.08. The van der Waals surface area contributed by atoms with Crippen LogP contribution in [0, 0.1) is 20.8 Å². The van der Waals surface area contributed by atoms with E-state index in [0.29, 0.717) is 11.5 Å². The fraction of sp³-hybridized carbons (Fsp3) is 0.364. The lowest BCUT2D eigenvalue weighted by atomic mass is 9.83. The first-order chi connectivity index (χ1) is 11.0. The summed E-state index contributed by atoms with van der Waals surface area (Å²) in [7, 11) is 0. The van der Waals surface area contributed by atoms with Gasteiger partial charge in [-0.2, -0.15) is 0 Å². The van der Waals surface area contributed by atoms with Crippen molar-refractivity contribution in [1.29, 1.82) is 0 Å². The maximum atomic E-state index is 10.4. The lowest BCUT2D eigenvalue weighted by Crippen LogP contribution is -2.12. The molecule has 0 heterocycles. The molecule has 0 bridgehead atoms. The number of benzene rings is 2. The van der Waals surface area contributed by atoms with Crippen molar-refractivity contribution in [2.45, 2.75) is 53.9 Å². The molecular formula is C22H28O2. The summed E-state index contributed by atoms with van der Waals surface area (Å²) in [4.78, 5) is 0. The van der Waals surface area contributed by atoms with Gasteiger partial charge in [-0.3, -0.25) is 0 Å². The normalized spacial score (nSPS) is 12.5. The molecule has 2 N–H and O–H groups in total. The van der Waals surface area contributed by atoms with Gasteiger partial charge in [0.2, 0.25) is 0 Å². The Morgan fingerprint density at radius 1 is 0.833 bits per heavy atom. The van der Waals surface area contributed by atoms with Gasteiger partial charge in [-0.25, -0.2) is 0 Å². The maximum absolute atomic E-state index is 10.4. The summed E-state index contributed by atoms with van der Waals surface area (Å²) in [5.41, 5.74) is 6.82. The Hall–Kier alpha value is -2.22. The minimum absolute atomic E-state index is 0.114. The Kier molecular flexibility index (Phi) is 4.80. The number of phenols is 2. The molecular weight excluding hydrogens is 296 g/mol. The molecule has 0 aliphatic rings. The number of hydrogen-bond acceptors (Lipinski definition) is 2. The maximum Gasteiger partial charge on any atom is 0.122 e. The largest absolute Gasteiger partial charge is 0.507 e. The fourth-order valence-corrected chi connectivity index (χ4v) is 2.98. The van der Waals surface area contributed by atoms with Crippen molar-refractivity contribution in [3.63, 3.8) is 0 Å². The van der Waals surface area contributed by atoms with Crippen molar-refractivity contribution < 1.29 is 10.2 Å². The van der Waals surface area contributed by atoms with E-state index in [2.05, 4.69) is 39.8 Å². The van der Waals surface area contributed by atoms with E-state index in [0.717, 1.165) is 39.0 Å². The van der Waals surface area contributed by atoms with Crippen LogP contribution in [0.4, 0.5) is 0 Å². The highest BCUT2D eigenvalue weighted by Crippen LogP contribution is 2.36. The summed E-state index contributed by atoms with van der Waals surface area (Å²) < 4.78 is 0. The molecule has 0 fully saturated rings. The van der Waals surface area contributed by atoms with Crippen LogP contribution in [0.25, 0.3) is 11.6 Å². The van der Waals surface area contributed by atoms with Gasteiger partial charge in [-0.1, -0.05) is 26.8 Å². The lowest BCUT2D eigenvalue weighted by Gasteiger charge is -2.23. The first-order valence-electron chi connectivity index (χ1n) is 8.33. The Labute approximate surface area is 145 Å². The minimum atomic E-state index is -0.114. The third kappa shape index (κ3) is 3.64. The van der Waals surface area contributed by atoms with Gasteiger partial charge in [-0.15, -0.1) is 0 Å². The van der Waals surface area contributed by atoms with Crippen molar-refractivity contribution in [1.82, 2.24) is 0 Å². The number of hydrogen-bond donors (Lipinski definition) is 2. The van der Waals surface area contributed by atoms with Crippen molar-refractivity contribution >= 4 is 11.6 Å². The highest BCUT2D eigenvalue weighted by atomic mass is 16.3. The van der Waals surface area contributed by atoms with E-state index in [9.17, 15) is 10.2 Å². The topological polar surface area (TPSA) is 40.5 Å². The summed E-state index contributed by atoms with van der Waals surface area (Å²) >= 11 is 0. The first kappa shape index (κ1) is 18.1. The molecule has 0 spiro atoms. The van der Waals surface area contributed by atoms with E-state index in [-0.39, 0.29) is 5.41 Å². The predicted octanol–water partition coefficient (Wildman–Crippen LogP) is 5.88. The number of phenolic OH excluding ortho intramolecular Hbond substituents is 2. The number of allylic oxidation sites excluding steroid dienone is 1. The monoisotopic (exact) mass is 324 g/mol. The summed E-state index contributed by atoms with van der Waals surface area (Å²) in [5, 5.41) is 20.3. The first-order valence-corrected chi connectivity index (χ1v) is 8.33. The zero-order chi connectivity index (χ0) is 18.2. The van der Waals surface area contributed by atoms with Crippen LogP contribution in [0.15, 0.2) is 24.3 Å². The van der Waals surface area contributed by atoms with Gasteiger partial charge in [-0.05, 0) is 90.8 Å². The third-order valence-electron chi connectivity index (χ3n) is 4.46. The van der Waals surface area contributed by atoms with Crippen molar-refractivity contribution in [2.24, 2.45) is 0 Å². The SMILES string of the molecule is CC(=Cc1cc(C)c(O)c(C)c1)c1cc(C)c(O)c(C(C)(C)C)c1. The van der Waals surface area contributed by atoms with Crippen LogP contribution in [0.1, 0.15) is 61.1 Å². The standard InChI is InChI=1S/C22H28O2/c1-13(8-17-9-14(2)20(23)15(3)10-17)18-11-16(4)21(24)19(12-18)22(5,6)7/h8-12,23-24H,1-7H3. The van der Waals surface area contributed by atoms with Crippen LogP contribution in [0.2, 0.25) is 0 Å². The molecule has 2 aromatic rings. The highest BCUT2D eigenvalue weighted by Gasteiger charge is 2.20. The van der Waals surface area contributed by atoms with Gasteiger partial charge in [0.15, 0.2) is 0 Å². The molecule has 0 radical (unpaired) electrons. The van der Waals surface area contributed by atoms with E-state index in [1.165, 1.54) is 0 Å². The van der Waals surface area contributed by atoms with Crippen LogP contribution in [-0.2, 0) is 5.41 Å². The molecule has 0 unspecified atom stereocenters. The Morgan fingerprint density at radius 3 is 1.83 bits per heavy atom. The van der Waals surface area contributed by atoms with Gasteiger partial charge in [0, 0.05) is 5.56 Å². The summed E-state index contributed by atoms with van der Waals surface area (Å²) in [5.74, 6) is 0.746. The van der Waals surface area contributed by atoms with Crippen LogP contribution in [0.3, 0.4) is 0 Å². The summed E-state index contributed by atoms with van der Waals surface area (Å²) in [6.07, 6.45) is 2.12. The van der Waals surface area contributed by atoms with Gasteiger partial charge in [0.25, 0.3) is 0 Å². The molecule has 0 saturated heterocycles. The predicted molar refractivity (Wildman–Crippen MR) is 103 cm³/mol. The molecule has 2 rings (SSSR count). The van der Waals surface area contributed by atoms with Gasteiger partial charge >= 0.3 is 0 Å². The average molecular weight is 324 g/mol. The molecule has 0 aromatic heterocycles. The average Bonchev–Trinajstić information content (AvgIpc) is 2.46. The second-order valence-electron chi connectivity index (χ2n) is 7.77. The highest BCUT2D eigenvalue weighted by molar-refractivity contribution is 5.81. The molecule has 2 nitrogen and oxygen atoms in total. The number of aromatic hydroxyl groups is 2. The second kappa shape index (κ2) is 6.35. The molecule has 2 aromatic carbocycles.